The molecule has 0 bridgehead atoms. The van der Waals surface area contributed by atoms with Gasteiger partial charge in [0.1, 0.15) is 10.7 Å². The number of benzene rings is 1. The molecule has 0 aliphatic carbocycles. The van der Waals surface area contributed by atoms with Gasteiger partial charge < -0.3 is 16.4 Å². The van der Waals surface area contributed by atoms with Crippen LogP contribution in [0.1, 0.15) is 51.5 Å². The fourth-order valence-electron chi connectivity index (χ4n) is 5.47. The highest BCUT2D eigenvalue weighted by molar-refractivity contribution is 9.10. The Morgan fingerprint density at radius 1 is 1.16 bits per heavy atom. The number of piperidine rings is 1. The SMILES string of the molecule is CCC(=O)Nc1c(-c2ccccn2)cc(Br)cc1S(=O)(=O)NC(CCCc1ccc(N)nc1)C(=O)C1CNCCC1CC. The van der Waals surface area contributed by atoms with E-state index in [9.17, 15) is 18.0 Å². The van der Waals surface area contributed by atoms with E-state index in [-0.39, 0.29) is 40.5 Å². The average Bonchev–Trinajstić information content (AvgIpc) is 3.01. The minimum absolute atomic E-state index is 0.117. The first-order valence-corrected chi connectivity index (χ1v) is 16.9. The van der Waals surface area contributed by atoms with E-state index in [0.717, 1.165) is 24.9 Å². The van der Waals surface area contributed by atoms with Crippen molar-refractivity contribution < 1.29 is 18.0 Å². The van der Waals surface area contributed by atoms with Crippen LogP contribution in [-0.4, -0.2) is 49.2 Å². The highest BCUT2D eigenvalue weighted by atomic mass is 79.9. The number of Topliss-reactive ketones (excluding diaryl/α,β-unsaturated/α-hetero) is 1. The Morgan fingerprint density at radius 2 is 1.98 bits per heavy atom. The van der Waals surface area contributed by atoms with E-state index < -0.39 is 16.1 Å². The molecule has 3 unspecified atom stereocenters. The van der Waals surface area contributed by atoms with Gasteiger partial charge >= 0.3 is 0 Å². The first-order valence-electron chi connectivity index (χ1n) is 14.6. The molecule has 0 saturated carbocycles. The van der Waals surface area contributed by atoms with Gasteiger partial charge in [-0.3, -0.25) is 14.6 Å². The number of nitrogens with one attached hydrogen (secondary N) is 3. The van der Waals surface area contributed by atoms with Gasteiger partial charge in [-0.05, 0) is 74.0 Å². The van der Waals surface area contributed by atoms with E-state index >= 15 is 0 Å². The molecule has 3 aromatic rings. The van der Waals surface area contributed by atoms with Crippen LogP contribution in [0.25, 0.3) is 11.3 Å². The number of hydrogen-bond donors (Lipinski definition) is 4. The maximum atomic E-state index is 14.2. The van der Waals surface area contributed by atoms with Crippen LogP contribution in [0.15, 0.2) is 64.2 Å². The topological polar surface area (TPSA) is 156 Å². The molecule has 5 N–H and O–H groups in total. The lowest BCUT2D eigenvalue weighted by atomic mass is 9.79. The van der Waals surface area contributed by atoms with Crippen molar-refractivity contribution in [2.45, 2.75) is 63.3 Å². The van der Waals surface area contributed by atoms with Crippen molar-refractivity contribution in [1.82, 2.24) is 20.0 Å². The van der Waals surface area contributed by atoms with Gasteiger partial charge in [0.15, 0.2) is 5.78 Å². The molecule has 4 rings (SSSR count). The number of aryl methyl sites for hydroxylation is 1. The molecule has 1 fully saturated rings. The summed E-state index contributed by atoms with van der Waals surface area (Å²) in [5, 5.41) is 6.09. The van der Waals surface area contributed by atoms with Gasteiger partial charge in [-0.15, -0.1) is 0 Å². The largest absolute Gasteiger partial charge is 0.384 e. The fraction of sp³-hybridized carbons (Fsp3) is 0.419. The van der Waals surface area contributed by atoms with E-state index in [4.69, 9.17) is 5.73 Å². The van der Waals surface area contributed by atoms with Crippen LogP contribution in [0.3, 0.4) is 0 Å². The van der Waals surface area contributed by atoms with Crippen LogP contribution in [0.4, 0.5) is 11.5 Å². The van der Waals surface area contributed by atoms with Crippen molar-refractivity contribution in [2.24, 2.45) is 11.8 Å². The fourth-order valence-corrected chi connectivity index (χ4v) is 7.53. The van der Waals surface area contributed by atoms with Crippen LogP contribution in [0, 0.1) is 11.8 Å². The van der Waals surface area contributed by atoms with Gasteiger partial charge in [-0.1, -0.05) is 48.3 Å². The van der Waals surface area contributed by atoms with Crippen LogP contribution >= 0.6 is 15.9 Å². The number of anilines is 2. The summed E-state index contributed by atoms with van der Waals surface area (Å²) in [5.41, 5.74) is 7.72. The summed E-state index contributed by atoms with van der Waals surface area (Å²) in [5.74, 6) is -0.194. The normalized spacial score (nSPS) is 17.7. The van der Waals surface area contributed by atoms with Crippen molar-refractivity contribution in [2.75, 3.05) is 24.1 Å². The Morgan fingerprint density at radius 3 is 2.65 bits per heavy atom. The van der Waals surface area contributed by atoms with E-state index in [2.05, 4.69) is 48.2 Å². The maximum absolute atomic E-state index is 14.2. The predicted molar refractivity (Wildman–Crippen MR) is 172 cm³/mol. The first kappa shape index (κ1) is 32.7. The van der Waals surface area contributed by atoms with Crippen LogP contribution in [0.5, 0.6) is 0 Å². The number of nitrogens with zero attached hydrogens (tertiary/aromatic N) is 2. The summed E-state index contributed by atoms with van der Waals surface area (Å²) in [6.07, 6.45) is 6.60. The summed E-state index contributed by atoms with van der Waals surface area (Å²) >= 11 is 3.45. The Bertz CT molecular complexity index is 1520. The van der Waals surface area contributed by atoms with Gasteiger partial charge in [0, 0.05) is 41.3 Å². The number of nitrogen functional groups attached to an aromatic ring is 1. The molecule has 1 aromatic carbocycles. The molecule has 10 nitrogen and oxygen atoms in total. The number of sulfonamides is 1. The lowest BCUT2D eigenvalue weighted by Gasteiger charge is -2.33. The summed E-state index contributed by atoms with van der Waals surface area (Å²) in [6, 6.07) is 11.1. The molecule has 43 heavy (non-hydrogen) atoms. The molecule has 3 atom stereocenters. The number of nitrogens with two attached hydrogens (primary N) is 1. The van der Waals surface area contributed by atoms with Crippen LogP contribution in [-0.2, 0) is 26.0 Å². The van der Waals surface area contributed by atoms with E-state index in [1.165, 1.54) is 6.07 Å². The van der Waals surface area contributed by atoms with Gasteiger partial charge in [0.25, 0.3) is 0 Å². The van der Waals surface area contributed by atoms with Gasteiger partial charge in [-0.2, -0.15) is 0 Å². The molecule has 230 valence electrons. The summed E-state index contributed by atoms with van der Waals surface area (Å²) in [6.45, 7) is 5.09. The zero-order valence-corrected chi connectivity index (χ0v) is 26.9. The smallest absolute Gasteiger partial charge is 0.243 e. The molecule has 1 aliphatic rings. The van der Waals surface area contributed by atoms with Crippen molar-refractivity contribution in [1.29, 1.82) is 0 Å². The number of carbonyl (C=O) groups excluding carboxylic acids is 2. The van der Waals surface area contributed by atoms with Gasteiger partial charge in [0.2, 0.25) is 15.9 Å². The summed E-state index contributed by atoms with van der Waals surface area (Å²) in [7, 11) is -4.30. The zero-order chi connectivity index (χ0) is 31.0. The second-order valence-electron chi connectivity index (χ2n) is 10.8. The summed E-state index contributed by atoms with van der Waals surface area (Å²) in [4.78, 5) is 35.0. The second-order valence-corrected chi connectivity index (χ2v) is 13.4. The number of amides is 1. The third-order valence-corrected chi connectivity index (χ3v) is 9.80. The predicted octanol–water partition coefficient (Wildman–Crippen LogP) is 4.71. The van der Waals surface area contributed by atoms with Gasteiger partial charge in [0.05, 0.1) is 17.4 Å². The molecule has 1 saturated heterocycles. The molecule has 0 radical (unpaired) electrons. The maximum Gasteiger partial charge on any atom is 0.243 e. The van der Waals surface area contributed by atoms with E-state index in [1.54, 1.807) is 49.6 Å². The second kappa shape index (κ2) is 15.0. The minimum Gasteiger partial charge on any atom is -0.384 e. The van der Waals surface area contributed by atoms with Crippen molar-refractivity contribution >= 4 is 49.1 Å². The molecular formula is C31H39BrN6O4S. The van der Waals surface area contributed by atoms with Crippen LogP contribution < -0.4 is 21.1 Å². The molecule has 0 spiro atoms. The number of hydrogen-bond acceptors (Lipinski definition) is 8. The van der Waals surface area contributed by atoms with Crippen molar-refractivity contribution in [3.05, 3.63) is 64.9 Å². The molecule has 2 aromatic heterocycles. The molecular weight excluding hydrogens is 632 g/mol. The molecule has 1 aliphatic heterocycles. The number of carbonyl (C=O) groups is 2. The number of rotatable bonds is 13. The standard InChI is InChI=1S/C31H39BrN6O4S/c1-3-21-13-15-34-19-24(21)31(40)26(10-7-8-20-11-12-28(33)36-18-20)38-43(41,42)27-17-22(32)16-23(25-9-5-6-14-35-25)30(27)37-29(39)4-2/h5-6,9,11-12,14,16-18,21,24,26,34,38H,3-4,7-8,10,13,15,19H2,1-2H3,(H2,33,36)(H,37,39). The third-order valence-electron chi connectivity index (χ3n) is 7.84. The lowest BCUT2D eigenvalue weighted by molar-refractivity contribution is -0.127. The van der Waals surface area contributed by atoms with E-state index in [1.807, 2.05) is 6.07 Å². The monoisotopic (exact) mass is 670 g/mol. The molecule has 3 heterocycles. The summed E-state index contributed by atoms with van der Waals surface area (Å²) < 4.78 is 31.6. The Balaban J connectivity index is 1.70. The van der Waals surface area contributed by atoms with Gasteiger partial charge in [-0.25, -0.2) is 18.1 Å². The van der Waals surface area contributed by atoms with Crippen LogP contribution in [0.2, 0.25) is 0 Å². The lowest BCUT2D eigenvalue weighted by Crippen LogP contribution is -2.50. The van der Waals surface area contributed by atoms with Crippen molar-refractivity contribution in [3.63, 3.8) is 0 Å². The third kappa shape index (κ3) is 8.47. The Hall–Kier alpha value is -3.19. The Labute approximate surface area is 261 Å². The number of halogens is 1. The van der Waals surface area contributed by atoms with Crippen molar-refractivity contribution in [3.8, 4) is 11.3 Å². The molecule has 1 amide bonds. The average molecular weight is 672 g/mol. The minimum atomic E-state index is -4.30. The highest BCUT2D eigenvalue weighted by Crippen LogP contribution is 2.37. The quantitative estimate of drug-likeness (QED) is 0.204. The number of aromatic nitrogens is 2. The Kier molecular flexibility index (Phi) is 11.4. The highest BCUT2D eigenvalue weighted by Gasteiger charge is 2.36. The first-order chi connectivity index (χ1) is 20.6. The number of ketones is 1. The number of pyridine rings is 2. The molecule has 12 heteroatoms. The zero-order valence-electron chi connectivity index (χ0n) is 24.5. The van der Waals surface area contributed by atoms with E-state index in [0.29, 0.717) is 47.4 Å².